The van der Waals surface area contributed by atoms with E-state index in [-0.39, 0.29) is 12.4 Å². The molecule has 2 nitrogen and oxygen atoms in total. The van der Waals surface area contributed by atoms with Crippen LogP contribution in [0, 0.1) is 0 Å². The normalized spacial score (nSPS) is 15.4. The van der Waals surface area contributed by atoms with Gasteiger partial charge in [0.2, 0.25) is 0 Å². The smallest absolute Gasteiger partial charge is 0.0362 e. The molecule has 2 heterocycles. The molecule has 0 saturated carbocycles. The molecule has 1 N–H and O–H groups in total. The zero-order valence-corrected chi connectivity index (χ0v) is 7.45. The van der Waals surface area contributed by atoms with Gasteiger partial charge in [0.1, 0.15) is 0 Å². The van der Waals surface area contributed by atoms with Gasteiger partial charge >= 0.3 is 0 Å². The number of hydrogen-bond donors (Lipinski definition) is 1. The summed E-state index contributed by atoms with van der Waals surface area (Å²) in [6.07, 6.45) is 3.33. The van der Waals surface area contributed by atoms with E-state index in [9.17, 15) is 0 Å². The van der Waals surface area contributed by atoms with E-state index in [1.807, 2.05) is 0 Å². The van der Waals surface area contributed by atoms with Crippen molar-refractivity contribution in [3.63, 3.8) is 0 Å². The lowest BCUT2D eigenvalue weighted by atomic mass is 10.1. The minimum atomic E-state index is 0. The van der Waals surface area contributed by atoms with Crippen molar-refractivity contribution in [2.24, 2.45) is 7.05 Å². The molecule has 1 aliphatic rings. The Labute approximate surface area is 73.0 Å². The third kappa shape index (κ3) is 1.42. The Kier molecular flexibility index (Phi) is 2.58. The van der Waals surface area contributed by atoms with E-state index in [2.05, 4.69) is 29.2 Å². The number of aryl methyl sites for hydroxylation is 1. The molecule has 1 aromatic rings. The molecule has 2 rings (SSSR count). The third-order valence-electron chi connectivity index (χ3n) is 2.16. The molecule has 11 heavy (non-hydrogen) atoms. The van der Waals surface area contributed by atoms with Gasteiger partial charge in [-0.05, 0) is 24.6 Å². The second kappa shape index (κ2) is 3.28. The summed E-state index contributed by atoms with van der Waals surface area (Å²) in [6.45, 7) is 2.18. The van der Waals surface area contributed by atoms with Crippen LogP contribution in [0.2, 0.25) is 0 Å². The average Bonchev–Trinajstić information content (AvgIpc) is 2.34. The number of nitrogens with zero attached hydrogens (tertiary/aromatic N) is 1. The van der Waals surface area contributed by atoms with E-state index in [1.54, 1.807) is 0 Å². The van der Waals surface area contributed by atoms with E-state index in [4.69, 9.17) is 0 Å². The highest BCUT2D eigenvalue weighted by molar-refractivity contribution is 5.85. The molecule has 62 valence electrons. The fourth-order valence-electron chi connectivity index (χ4n) is 1.51. The molecule has 0 amide bonds. The minimum Gasteiger partial charge on any atom is -0.353 e. The maximum absolute atomic E-state index is 3.35. The highest BCUT2D eigenvalue weighted by Crippen LogP contribution is 2.12. The predicted octanol–water partition coefficient (Wildman–Crippen LogP) is 1.09. The van der Waals surface area contributed by atoms with E-state index >= 15 is 0 Å². The number of aromatic nitrogens is 1. The topological polar surface area (TPSA) is 17.0 Å². The average molecular weight is 173 g/mol. The van der Waals surface area contributed by atoms with Gasteiger partial charge < -0.3 is 9.88 Å². The van der Waals surface area contributed by atoms with Gasteiger partial charge in [-0.2, -0.15) is 0 Å². The summed E-state index contributed by atoms with van der Waals surface area (Å²) >= 11 is 0. The molecule has 0 fully saturated rings. The summed E-state index contributed by atoms with van der Waals surface area (Å²) in [5, 5.41) is 3.35. The molecule has 0 atom stereocenters. The van der Waals surface area contributed by atoms with Crippen LogP contribution < -0.4 is 5.32 Å². The van der Waals surface area contributed by atoms with Crippen LogP contribution >= 0.6 is 12.4 Å². The zero-order valence-electron chi connectivity index (χ0n) is 6.63. The first-order chi connectivity index (χ1) is 4.88. The van der Waals surface area contributed by atoms with Crippen molar-refractivity contribution in [2.75, 3.05) is 6.54 Å². The second-order valence-electron chi connectivity index (χ2n) is 2.83. The molecule has 0 unspecified atom stereocenters. The van der Waals surface area contributed by atoms with Crippen LogP contribution in [0.25, 0.3) is 0 Å². The Morgan fingerprint density at radius 3 is 3.09 bits per heavy atom. The standard InChI is InChI=1S/C8H12N2.ClH/c1-10-5-3-7-2-4-9-6-8(7)10;/h3,5,9H,2,4,6H2,1H3;1H. The van der Waals surface area contributed by atoms with Crippen molar-refractivity contribution in [2.45, 2.75) is 13.0 Å². The van der Waals surface area contributed by atoms with Gasteiger partial charge in [0.25, 0.3) is 0 Å². The maximum atomic E-state index is 3.35. The quantitative estimate of drug-likeness (QED) is 0.620. The largest absolute Gasteiger partial charge is 0.353 e. The van der Waals surface area contributed by atoms with E-state index in [0.29, 0.717) is 0 Å². The Bertz CT molecular complexity index is 242. The first-order valence-corrected chi connectivity index (χ1v) is 3.72. The molecule has 1 aliphatic heterocycles. The van der Waals surface area contributed by atoms with Gasteiger partial charge in [-0.25, -0.2) is 0 Å². The van der Waals surface area contributed by atoms with Gasteiger partial charge in [0, 0.05) is 25.5 Å². The van der Waals surface area contributed by atoms with Crippen molar-refractivity contribution >= 4 is 12.4 Å². The number of fused-ring (bicyclic) bond motifs is 1. The molecule has 0 radical (unpaired) electrons. The molecule has 0 aromatic carbocycles. The summed E-state index contributed by atoms with van der Waals surface area (Å²) < 4.78 is 2.20. The van der Waals surface area contributed by atoms with E-state index in [0.717, 1.165) is 13.1 Å². The van der Waals surface area contributed by atoms with Crippen LogP contribution in [-0.4, -0.2) is 11.1 Å². The van der Waals surface area contributed by atoms with Crippen LogP contribution in [0.4, 0.5) is 0 Å². The maximum Gasteiger partial charge on any atom is 0.0362 e. The van der Waals surface area contributed by atoms with Crippen molar-refractivity contribution in [3.05, 3.63) is 23.5 Å². The summed E-state index contributed by atoms with van der Waals surface area (Å²) in [6, 6.07) is 2.22. The van der Waals surface area contributed by atoms with E-state index in [1.165, 1.54) is 17.7 Å². The number of halogens is 1. The van der Waals surface area contributed by atoms with Crippen LogP contribution in [0.15, 0.2) is 12.3 Å². The Morgan fingerprint density at radius 2 is 2.36 bits per heavy atom. The van der Waals surface area contributed by atoms with Crippen LogP contribution in [0.1, 0.15) is 11.3 Å². The van der Waals surface area contributed by atoms with Crippen LogP contribution in [0.5, 0.6) is 0 Å². The first kappa shape index (κ1) is 8.62. The molecular weight excluding hydrogens is 160 g/mol. The molecule has 3 heteroatoms. The molecule has 0 aliphatic carbocycles. The van der Waals surface area contributed by atoms with Gasteiger partial charge in [-0.3, -0.25) is 0 Å². The molecular formula is C8H13ClN2. The van der Waals surface area contributed by atoms with Crippen molar-refractivity contribution in [3.8, 4) is 0 Å². The third-order valence-corrected chi connectivity index (χ3v) is 2.16. The second-order valence-corrected chi connectivity index (χ2v) is 2.83. The SMILES string of the molecule is Cl.Cn1ccc2c1CNCC2. The van der Waals surface area contributed by atoms with Gasteiger partial charge in [0.05, 0.1) is 0 Å². The summed E-state index contributed by atoms with van der Waals surface area (Å²) in [5.74, 6) is 0. The lowest BCUT2D eigenvalue weighted by Crippen LogP contribution is -2.24. The Morgan fingerprint density at radius 1 is 1.55 bits per heavy atom. The van der Waals surface area contributed by atoms with Gasteiger partial charge in [0.15, 0.2) is 0 Å². The molecule has 0 saturated heterocycles. The fraction of sp³-hybridized carbons (Fsp3) is 0.500. The summed E-state index contributed by atoms with van der Waals surface area (Å²) in [7, 11) is 2.10. The summed E-state index contributed by atoms with van der Waals surface area (Å²) in [4.78, 5) is 0. The Balaban J connectivity index is 0.000000605. The number of hydrogen-bond acceptors (Lipinski definition) is 1. The molecule has 0 bridgehead atoms. The van der Waals surface area contributed by atoms with Crippen molar-refractivity contribution in [1.29, 1.82) is 0 Å². The Hall–Kier alpha value is -0.470. The monoisotopic (exact) mass is 172 g/mol. The van der Waals surface area contributed by atoms with E-state index < -0.39 is 0 Å². The number of nitrogens with one attached hydrogen (secondary N) is 1. The number of rotatable bonds is 0. The molecule has 1 aromatic heterocycles. The van der Waals surface area contributed by atoms with Crippen LogP contribution in [-0.2, 0) is 20.0 Å². The summed E-state index contributed by atoms with van der Waals surface area (Å²) in [5.41, 5.74) is 2.97. The predicted molar refractivity (Wildman–Crippen MR) is 48.1 cm³/mol. The highest BCUT2D eigenvalue weighted by Gasteiger charge is 2.09. The fourth-order valence-corrected chi connectivity index (χ4v) is 1.51. The van der Waals surface area contributed by atoms with Crippen molar-refractivity contribution < 1.29 is 0 Å². The highest BCUT2D eigenvalue weighted by atomic mass is 35.5. The molecule has 0 spiro atoms. The first-order valence-electron chi connectivity index (χ1n) is 3.72. The lowest BCUT2D eigenvalue weighted by Gasteiger charge is -2.14. The van der Waals surface area contributed by atoms with Crippen molar-refractivity contribution in [1.82, 2.24) is 9.88 Å². The van der Waals surface area contributed by atoms with Gasteiger partial charge in [-0.15, -0.1) is 12.4 Å². The minimum absolute atomic E-state index is 0. The zero-order chi connectivity index (χ0) is 6.97. The van der Waals surface area contributed by atoms with Gasteiger partial charge in [-0.1, -0.05) is 0 Å². The lowest BCUT2D eigenvalue weighted by molar-refractivity contribution is 0.610. The van der Waals surface area contributed by atoms with Crippen LogP contribution in [0.3, 0.4) is 0 Å².